The lowest BCUT2D eigenvalue weighted by molar-refractivity contribution is 0.0948. The highest BCUT2D eigenvalue weighted by atomic mass is 35.5. The third-order valence-electron chi connectivity index (χ3n) is 5.72. The van der Waals surface area contributed by atoms with Crippen LogP contribution >= 0.6 is 11.6 Å². The van der Waals surface area contributed by atoms with Crippen LogP contribution in [0.1, 0.15) is 16.1 Å². The Hall–Kier alpha value is -5.02. The molecule has 9 nitrogen and oxygen atoms in total. The van der Waals surface area contributed by atoms with Gasteiger partial charge in [-0.1, -0.05) is 11.6 Å². The molecule has 1 amide bonds. The molecule has 2 aromatic heterocycles. The number of hydrogen-bond acceptors (Lipinski definition) is 7. The average Bonchev–Trinajstić information content (AvgIpc) is 3.49. The van der Waals surface area contributed by atoms with E-state index in [0.717, 1.165) is 0 Å². The lowest BCUT2D eigenvalue weighted by Gasteiger charge is -2.15. The molecule has 0 fully saturated rings. The summed E-state index contributed by atoms with van der Waals surface area (Å²) in [7, 11) is 1.58. The van der Waals surface area contributed by atoms with Crippen LogP contribution in [-0.4, -0.2) is 22.8 Å². The monoisotopic (exact) mass is 542 g/mol. The molecule has 10 heteroatoms. The van der Waals surface area contributed by atoms with Gasteiger partial charge in [-0.3, -0.25) is 9.59 Å². The van der Waals surface area contributed by atoms with Crippen LogP contribution in [0, 0.1) is 0 Å². The van der Waals surface area contributed by atoms with E-state index in [1.165, 1.54) is 10.9 Å². The first-order valence-electron chi connectivity index (χ1n) is 11.9. The van der Waals surface area contributed by atoms with Crippen LogP contribution < -0.4 is 25.7 Å². The Morgan fingerprint density at radius 3 is 2.36 bits per heavy atom. The first-order valence-corrected chi connectivity index (χ1v) is 12.3. The van der Waals surface area contributed by atoms with Crippen LogP contribution in [0.5, 0.6) is 17.2 Å². The molecule has 2 N–H and O–H groups in total. The standard InChI is InChI=1S/C29H23ClN4O5/c1-37-23-12-14-24(15-13-23)39-26-18-32-34(22-10-6-20(30)7-11-22)29(36)27(26)33-21-8-4-19(5-9-21)28(35)31-17-25-3-2-16-38-25/h2-16,18,33H,17H2,1H3,(H,31,35). The van der Waals surface area contributed by atoms with E-state index in [2.05, 4.69) is 15.7 Å². The number of ether oxygens (including phenoxy) is 2. The van der Waals surface area contributed by atoms with Gasteiger partial charge < -0.3 is 24.5 Å². The smallest absolute Gasteiger partial charge is 0.299 e. The van der Waals surface area contributed by atoms with Gasteiger partial charge in [-0.05, 0) is 84.9 Å². The number of nitrogens with zero attached hydrogens (tertiary/aromatic N) is 2. The summed E-state index contributed by atoms with van der Waals surface area (Å²) in [5, 5.41) is 10.8. The summed E-state index contributed by atoms with van der Waals surface area (Å²) in [6.07, 6.45) is 3.01. The maximum absolute atomic E-state index is 13.6. The summed E-state index contributed by atoms with van der Waals surface area (Å²) >= 11 is 6.01. The van der Waals surface area contributed by atoms with Crippen molar-refractivity contribution in [3.63, 3.8) is 0 Å². The number of amides is 1. The third kappa shape index (κ3) is 6.11. The molecule has 3 aromatic carbocycles. The fourth-order valence-corrected chi connectivity index (χ4v) is 3.83. The van der Waals surface area contributed by atoms with Gasteiger partial charge in [0.15, 0.2) is 11.4 Å². The Balaban J connectivity index is 1.42. The second-order valence-corrected chi connectivity index (χ2v) is 8.76. The number of nitrogens with one attached hydrogen (secondary N) is 2. The highest BCUT2D eigenvalue weighted by Gasteiger charge is 2.16. The van der Waals surface area contributed by atoms with Crippen molar-refractivity contribution in [1.82, 2.24) is 15.1 Å². The predicted octanol–water partition coefficient (Wildman–Crippen LogP) is 5.95. The first kappa shape index (κ1) is 25.6. The van der Waals surface area contributed by atoms with Gasteiger partial charge in [-0.25, -0.2) is 0 Å². The summed E-state index contributed by atoms with van der Waals surface area (Å²) in [6, 6.07) is 23.9. The zero-order chi connectivity index (χ0) is 27.2. The van der Waals surface area contributed by atoms with E-state index >= 15 is 0 Å². The Morgan fingerprint density at radius 1 is 0.974 bits per heavy atom. The Morgan fingerprint density at radius 2 is 1.69 bits per heavy atom. The summed E-state index contributed by atoms with van der Waals surface area (Å²) < 4.78 is 17.7. The third-order valence-corrected chi connectivity index (χ3v) is 5.97. The van der Waals surface area contributed by atoms with Gasteiger partial charge in [-0.15, -0.1) is 0 Å². The Kier molecular flexibility index (Phi) is 7.60. The van der Waals surface area contributed by atoms with Crippen molar-refractivity contribution >= 4 is 28.9 Å². The average molecular weight is 543 g/mol. The largest absolute Gasteiger partial charge is 0.497 e. The van der Waals surface area contributed by atoms with Crippen LogP contribution in [0.25, 0.3) is 5.69 Å². The van der Waals surface area contributed by atoms with E-state index in [4.69, 9.17) is 25.5 Å². The van der Waals surface area contributed by atoms with Crippen LogP contribution in [0.4, 0.5) is 11.4 Å². The molecule has 0 unspecified atom stereocenters. The van der Waals surface area contributed by atoms with Crippen molar-refractivity contribution in [2.24, 2.45) is 0 Å². The number of carbonyl (C=O) groups excluding carboxylic acids is 1. The van der Waals surface area contributed by atoms with Gasteiger partial charge in [0.05, 0.1) is 31.8 Å². The molecule has 0 saturated carbocycles. The topological polar surface area (TPSA) is 108 Å². The number of hydrogen-bond donors (Lipinski definition) is 2. The maximum Gasteiger partial charge on any atom is 0.299 e. The summed E-state index contributed by atoms with van der Waals surface area (Å²) in [4.78, 5) is 26.1. The van der Waals surface area contributed by atoms with E-state index in [1.807, 2.05) is 0 Å². The zero-order valence-electron chi connectivity index (χ0n) is 20.8. The zero-order valence-corrected chi connectivity index (χ0v) is 21.5. The molecule has 5 aromatic rings. The lowest BCUT2D eigenvalue weighted by Crippen LogP contribution is -2.24. The minimum atomic E-state index is -0.441. The van der Waals surface area contributed by atoms with Crippen molar-refractivity contribution in [2.75, 3.05) is 12.4 Å². The highest BCUT2D eigenvalue weighted by Crippen LogP contribution is 2.30. The molecule has 0 bridgehead atoms. The van der Waals surface area contributed by atoms with E-state index in [9.17, 15) is 9.59 Å². The molecule has 39 heavy (non-hydrogen) atoms. The molecule has 0 aliphatic rings. The fourth-order valence-electron chi connectivity index (χ4n) is 3.70. The van der Waals surface area contributed by atoms with Crippen molar-refractivity contribution in [2.45, 2.75) is 6.54 Å². The fraction of sp³-hybridized carbons (Fsp3) is 0.0690. The number of benzene rings is 3. The quantitative estimate of drug-likeness (QED) is 0.237. The predicted molar refractivity (Wildman–Crippen MR) is 148 cm³/mol. The van der Waals surface area contributed by atoms with Crippen LogP contribution in [0.3, 0.4) is 0 Å². The Labute approximate surface area is 228 Å². The van der Waals surface area contributed by atoms with Crippen LogP contribution in [-0.2, 0) is 6.54 Å². The normalized spacial score (nSPS) is 10.6. The minimum absolute atomic E-state index is 0.158. The van der Waals surface area contributed by atoms with Crippen LogP contribution in [0.15, 0.2) is 107 Å². The number of halogens is 1. The lowest BCUT2D eigenvalue weighted by atomic mass is 10.2. The second-order valence-electron chi connectivity index (χ2n) is 8.32. The molecule has 5 rings (SSSR count). The molecule has 0 radical (unpaired) electrons. The van der Waals surface area contributed by atoms with Gasteiger partial charge in [0.2, 0.25) is 0 Å². The van der Waals surface area contributed by atoms with E-state index in [1.54, 1.807) is 98.3 Å². The van der Waals surface area contributed by atoms with E-state index in [0.29, 0.717) is 39.2 Å². The number of aromatic nitrogens is 2. The maximum atomic E-state index is 13.6. The first-order chi connectivity index (χ1) is 19.0. The van der Waals surface area contributed by atoms with Crippen molar-refractivity contribution in [3.05, 3.63) is 124 Å². The number of methoxy groups -OCH3 is 1. The van der Waals surface area contributed by atoms with Crippen LogP contribution in [0.2, 0.25) is 5.02 Å². The minimum Gasteiger partial charge on any atom is -0.497 e. The number of furan rings is 1. The van der Waals surface area contributed by atoms with Crippen molar-refractivity contribution in [1.29, 1.82) is 0 Å². The second kappa shape index (κ2) is 11.6. The summed E-state index contributed by atoms with van der Waals surface area (Å²) in [5.74, 6) is 1.78. The van der Waals surface area contributed by atoms with Gasteiger partial charge in [0.1, 0.15) is 17.3 Å². The van der Waals surface area contributed by atoms with Crippen molar-refractivity contribution < 1.29 is 18.7 Å². The number of carbonyl (C=O) groups is 1. The van der Waals surface area contributed by atoms with Gasteiger partial charge in [0.25, 0.3) is 11.5 Å². The SMILES string of the molecule is COc1ccc(Oc2cnn(-c3ccc(Cl)cc3)c(=O)c2Nc2ccc(C(=O)NCc3ccco3)cc2)cc1. The van der Waals surface area contributed by atoms with Gasteiger partial charge in [0, 0.05) is 16.3 Å². The van der Waals surface area contributed by atoms with E-state index in [-0.39, 0.29) is 23.9 Å². The Bertz CT molecular complexity index is 1620. The molecular formula is C29H23ClN4O5. The summed E-state index contributed by atoms with van der Waals surface area (Å²) in [5.41, 5.74) is 1.28. The van der Waals surface area contributed by atoms with Gasteiger partial charge >= 0.3 is 0 Å². The molecule has 0 saturated heterocycles. The highest BCUT2D eigenvalue weighted by molar-refractivity contribution is 6.30. The molecular weight excluding hydrogens is 520 g/mol. The number of rotatable bonds is 9. The number of anilines is 2. The van der Waals surface area contributed by atoms with Gasteiger partial charge in [-0.2, -0.15) is 9.78 Å². The van der Waals surface area contributed by atoms with Crippen molar-refractivity contribution in [3.8, 4) is 22.9 Å². The molecule has 2 heterocycles. The molecule has 0 aliphatic carbocycles. The molecule has 0 aliphatic heterocycles. The molecule has 0 atom stereocenters. The summed E-state index contributed by atoms with van der Waals surface area (Å²) in [6.45, 7) is 0.277. The van der Waals surface area contributed by atoms with E-state index < -0.39 is 5.56 Å². The molecule has 0 spiro atoms. The molecule has 196 valence electrons.